The molecule has 1 unspecified atom stereocenters. The number of β-lactam (4-membered cyclic amide) rings is 1. The van der Waals surface area contributed by atoms with Gasteiger partial charge in [-0.3, -0.25) is 4.79 Å². The summed E-state index contributed by atoms with van der Waals surface area (Å²) in [5.41, 5.74) is 1.35. The third kappa shape index (κ3) is 4.41. The monoisotopic (exact) mass is 453 g/mol. The van der Waals surface area contributed by atoms with Crippen molar-refractivity contribution in [3.8, 4) is 5.75 Å². The van der Waals surface area contributed by atoms with Gasteiger partial charge in [-0.05, 0) is 61.1 Å². The molecule has 2 atom stereocenters. The molecule has 0 saturated carbocycles. The summed E-state index contributed by atoms with van der Waals surface area (Å²) in [5.74, 6) is 0.410. The standard InChI is InChI=1S/C26H32FN3O3/c1-17(2)16-30-23(20-6-10-22(31)11-7-20)26(24(30)32)12-14-29(15-13-26)25(33)28-18(3)19-4-8-21(27)9-5-19/h4-11,17-18,23,31H,12-16H2,1-3H3,(H,28,33)/t18-,23?/m0/s1. The maximum atomic E-state index is 13.3. The highest BCUT2D eigenvalue weighted by Crippen LogP contribution is 2.56. The fourth-order valence-corrected chi connectivity index (χ4v) is 5.20. The molecule has 6 nitrogen and oxygen atoms in total. The lowest BCUT2D eigenvalue weighted by Crippen LogP contribution is -2.67. The zero-order valence-electron chi connectivity index (χ0n) is 19.4. The van der Waals surface area contributed by atoms with Gasteiger partial charge in [-0.15, -0.1) is 0 Å². The molecule has 2 aliphatic rings. The first-order chi connectivity index (χ1) is 15.7. The number of phenols is 1. The number of halogens is 1. The summed E-state index contributed by atoms with van der Waals surface area (Å²) in [5, 5.41) is 12.7. The van der Waals surface area contributed by atoms with Gasteiger partial charge in [0.05, 0.1) is 17.5 Å². The summed E-state index contributed by atoms with van der Waals surface area (Å²) in [6.45, 7) is 7.75. The van der Waals surface area contributed by atoms with Crippen LogP contribution in [-0.4, -0.2) is 46.5 Å². The number of rotatable bonds is 5. The van der Waals surface area contributed by atoms with Gasteiger partial charge < -0.3 is 20.2 Å². The number of carbonyl (C=O) groups excluding carboxylic acids is 2. The number of likely N-dealkylation sites (tertiary alicyclic amines) is 2. The number of amides is 3. The lowest BCUT2D eigenvalue weighted by Gasteiger charge is -2.59. The molecule has 0 aromatic heterocycles. The van der Waals surface area contributed by atoms with Crippen LogP contribution in [0.2, 0.25) is 0 Å². The van der Waals surface area contributed by atoms with E-state index in [1.807, 2.05) is 24.0 Å². The van der Waals surface area contributed by atoms with Crippen molar-refractivity contribution in [3.63, 3.8) is 0 Å². The SMILES string of the molecule is CC(C)CN1C(=O)C2(CCN(C(=O)N[C@@H](C)c3ccc(F)cc3)CC2)C1c1ccc(O)cc1. The average Bonchev–Trinajstić information content (AvgIpc) is 2.80. The molecule has 2 aromatic carbocycles. The number of nitrogens with zero attached hydrogens (tertiary/aromatic N) is 2. The van der Waals surface area contributed by atoms with Gasteiger partial charge in [0.25, 0.3) is 0 Å². The van der Waals surface area contributed by atoms with Crippen LogP contribution in [0.15, 0.2) is 48.5 Å². The highest BCUT2D eigenvalue weighted by molar-refractivity contribution is 5.91. The van der Waals surface area contributed by atoms with E-state index in [9.17, 15) is 19.1 Å². The van der Waals surface area contributed by atoms with Gasteiger partial charge in [0.1, 0.15) is 11.6 Å². The van der Waals surface area contributed by atoms with Crippen LogP contribution in [0.5, 0.6) is 5.75 Å². The largest absolute Gasteiger partial charge is 0.508 e. The third-order valence-electron chi connectivity index (χ3n) is 6.95. The van der Waals surface area contributed by atoms with E-state index in [4.69, 9.17) is 0 Å². The minimum atomic E-state index is -0.509. The number of nitrogens with one attached hydrogen (secondary N) is 1. The van der Waals surface area contributed by atoms with Crippen molar-refractivity contribution < 1.29 is 19.1 Å². The van der Waals surface area contributed by atoms with Crippen LogP contribution in [0.3, 0.4) is 0 Å². The fraction of sp³-hybridized carbons (Fsp3) is 0.462. The highest BCUT2D eigenvalue weighted by atomic mass is 19.1. The molecule has 2 aliphatic heterocycles. The Morgan fingerprint density at radius 1 is 1.09 bits per heavy atom. The Kier molecular flexibility index (Phi) is 6.32. The van der Waals surface area contributed by atoms with Crippen molar-refractivity contribution in [2.75, 3.05) is 19.6 Å². The van der Waals surface area contributed by atoms with Crippen LogP contribution in [0, 0.1) is 17.2 Å². The predicted octanol–water partition coefficient (Wildman–Crippen LogP) is 4.62. The summed E-state index contributed by atoms with van der Waals surface area (Å²) >= 11 is 0. The van der Waals surface area contributed by atoms with Crippen LogP contribution in [0.1, 0.15) is 56.8 Å². The molecule has 1 spiro atoms. The number of piperidine rings is 1. The van der Waals surface area contributed by atoms with Gasteiger partial charge in [0.15, 0.2) is 0 Å². The number of carbonyl (C=O) groups is 2. The van der Waals surface area contributed by atoms with E-state index in [1.54, 1.807) is 29.2 Å². The van der Waals surface area contributed by atoms with Crippen molar-refractivity contribution in [3.05, 3.63) is 65.5 Å². The van der Waals surface area contributed by atoms with Gasteiger partial charge in [-0.25, -0.2) is 9.18 Å². The van der Waals surface area contributed by atoms with E-state index in [1.165, 1.54) is 12.1 Å². The van der Waals surface area contributed by atoms with Gasteiger partial charge in [0.2, 0.25) is 5.91 Å². The Morgan fingerprint density at radius 3 is 2.27 bits per heavy atom. The summed E-state index contributed by atoms with van der Waals surface area (Å²) in [6, 6.07) is 12.8. The Bertz CT molecular complexity index is 998. The van der Waals surface area contributed by atoms with E-state index < -0.39 is 5.41 Å². The summed E-state index contributed by atoms with van der Waals surface area (Å²) in [4.78, 5) is 29.9. The third-order valence-corrected chi connectivity index (χ3v) is 6.95. The molecule has 7 heteroatoms. The highest BCUT2D eigenvalue weighted by Gasteiger charge is 2.61. The number of benzene rings is 2. The smallest absolute Gasteiger partial charge is 0.317 e. The maximum absolute atomic E-state index is 13.3. The van der Waals surface area contributed by atoms with Gasteiger partial charge in [-0.1, -0.05) is 38.1 Å². The summed E-state index contributed by atoms with van der Waals surface area (Å²) in [6.07, 6.45) is 1.20. The van der Waals surface area contributed by atoms with E-state index in [0.717, 1.165) is 11.1 Å². The zero-order valence-corrected chi connectivity index (χ0v) is 19.4. The number of hydrogen-bond acceptors (Lipinski definition) is 3. The lowest BCUT2D eigenvalue weighted by molar-refractivity contribution is -0.180. The Hall–Kier alpha value is -3.09. The maximum Gasteiger partial charge on any atom is 0.317 e. The van der Waals surface area contributed by atoms with E-state index >= 15 is 0 Å². The Labute approximate surface area is 194 Å². The van der Waals surface area contributed by atoms with Gasteiger partial charge in [0, 0.05) is 19.6 Å². The predicted molar refractivity (Wildman–Crippen MR) is 124 cm³/mol. The minimum absolute atomic E-state index is 0.0450. The topological polar surface area (TPSA) is 72.9 Å². The first-order valence-electron chi connectivity index (χ1n) is 11.6. The van der Waals surface area contributed by atoms with E-state index in [-0.39, 0.29) is 35.6 Å². The molecule has 0 bridgehead atoms. The minimum Gasteiger partial charge on any atom is -0.508 e. The van der Waals surface area contributed by atoms with E-state index in [0.29, 0.717) is 38.4 Å². The molecular weight excluding hydrogens is 421 g/mol. The normalized spacial score (nSPS) is 20.6. The number of hydrogen-bond donors (Lipinski definition) is 2. The number of aromatic hydroxyl groups is 1. The second kappa shape index (κ2) is 9.04. The molecule has 2 heterocycles. The van der Waals surface area contributed by atoms with Crippen molar-refractivity contribution in [2.45, 2.75) is 45.7 Å². The summed E-state index contributed by atoms with van der Waals surface area (Å²) < 4.78 is 13.2. The second-order valence-corrected chi connectivity index (χ2v) is 9.71. The molecule has 2 aromatic rings. The molecule has 4 rings (SSSR count). The lowest BCUT2D eigenvalue weighted by atomic mass is 9.62. The zero-order chi connectivity index (χ0) is 23.8. The van der Waals surface area contributed by atoms with Crippen LogP contribution in [-0.2, 0) is 4.79 Å². The average molecular weight is 454 g/mol. The molecule has 33 heavy (non-hydrogen) atoms. The van der Waals surface area contributed by atoms with Crippen LogP contribution in [0.4, 0.5) is 9.18 Å². The Morgan fingerprint density at radius 2 is 1.70 bits per heavy atom. The van der Waals surface area contributed by atoms with Crippen LogP contribution >= 0.6 is 0 Å². The first kappa shape index (κ1) is 23.1. The molecule has 2 saturated heterocycles. The fourth-order valence-electron chi connectivity index (χ4n) is 5.20. The Balaban J connectivity index is 1.44. The van der Waals surface area contributed by atoms with Gasteiger partial charge in [-0.2, -0.15) is 0 Å². The molecule has 176 valence electrons. The van der Waals surface area contributed by atoms with Crippen molar-refractivity contribution in [1.29, 1.82) is 0 Å². The molecule has 2 fully saturated rings. The van der Waals surface area contributed by atoms with Gasteiger partial charge >= 0.3 is 6.03 Å². The van der Waals surface area contributed by atoms with Crippen molar-refractivity contribution >= 4 is 11.9 Å². The number of urea groups is 1. The molecule has 0 radical (unpaired) electrons. The second-order valence-electron chi connectivity index (χ2n) is 9.71. The molecular formula is C26H32FN3O3. The molecule has 3 amide bonds. The summed E-state index contributed by atoms with van der Waals surface area (Å²) in [7, 11) is 0. The quantitative estimate of drug-likeness (QED) is 0.649. The molecule has 2 N–H and O–H groups in total. The van der Waals surface area contributed by atoms with Crippen molar-refractivity contribution in [1.82, 2.24) is 15.1 Å². The number of phenolic OH excluding ortho intramolecular Hbond substituents is 1. The van der Waals surface area contributed by atoms with Crippen LogP contribution < -0.4 is 5.32 Å². The van der Waals surface area contributed by atoms with Crippen LogP contribution in [0.25, 0.3) is 0 Å². The molecule has 0 aliphatic carbocycles. The van der Waals surface area contributed by atoms with Crippen molar-refractivity contribution in [2.24, 2.45) is 11.3 Å². The first-order valence-corrected chi connectivity index (χ1v) is 11.6. The van der Waals surface area contributed by atoms with E-state index in [2.05, 4.69) is 19.2 Å².